The fraction of sp³-hybridized carbons (Fsp3) is 0.350. The van der Waals surface area contributed by atoms with Crippen LogP contribution < -0.4 is 15.8 Å². The van der Waals surface area contributed by atoms with Gasteiger partial charge in [0.05, 0.1) is 11.4 Å². The second-order valence-corrected chi connectivity index (χ2v) is 8.03. The van der Waals surface area contributed by atoms with E-state index in [-0.39, 0.29) is 28.9 Å². The number of hydrogen-bond acceptors (Lipinski definition) is 3. The Bertz CT molecular complexity index is 851. The van der Waals surface area contributed by atoms with Crippen molar-refractivity contribution in [1.29, 1.82) is 0 Å². The predicted octanol–water partition coefficient (Wildman–Crippen LogP) is 3.30. The third-order valence-electron chi connectivity index (χ3n) is 4.07. The van der Waals surface area contributed by atoms with Crippen LogP contribution in [0.2, 0.25) is 0 Å². The first-order valence-corrected chi connectivity index (χ1v) is 10.6. The lowest BCUT2D eigenvalue weighted by Crippen LogP contribution is -2.37. The Hall–Kier alpha value is -1.65. The molecule has 0 aromatic heterocycles. The number of primary sulfonamides is 1. The van der Waals surface area contributed by atoms with E-state index in [4.69, 9.17) is 5.14 Å². The molecule has 0 radical (unpaired) electrons. The Kier molecular flexibility index (Phi) is 10.5. The third kappa shape index (κ3) is 8.57. The van der Waals surface area contributed by atoms with E-state index in [1.165, 1.54) is 23.3 Å². The topological polar surface area (TPSA) is 96.6 Å². The van der Waals surface area contributed by atoms with Crippen LogP contribution in [0.4, 0.5) is 0 Å². The van der Waals surface area contributed by atoms with E-state index in [2.05, 4.69) is 53.7 Å². The number of hydrogen-bond donors (Lipinski definition) is 3. The maximum Gasteiger partial charge on any atom is 0.238 e. The maximum absolute atomic E-state index is 11.3. The molecular formula is C20H29IN4O2S. The Balaban J connectivity index is 0.00000392. The summed E-state index contributed by atoms with van der Waals surface area (Å²) in [4.78, 5) is 4.71. The number of nitrogens with zero attached hydrogens (tertiary/aromatic N) is 1. The van der Waals surface area contributed by atoms with Crippen LogP contribution in [0.3, 0.4) is 0 Å². The van der Waals surface area contributed by atoms with Gasteiger partial charge in [-0.1, -0.05) is 55.3 Å². The summed E-state index contributed by atoms with van der Waals surface area (Å²) in [6, 6.07) is 14.8. The van der Waals surface area contributed by atoms with Crippen LogP contribution in [-0.4, -0.2) is 20.9 Å². The van der Waals surface area contributed by atoms with Gasteiger partial charge in [-0.15, -0.1) is 24.0 Å². The highest BCUT2D eigenvalue weighted by molar-refractivity contribution is 14.0. The van der Waals surface area contributed by atoms with E-state index in [9.17, 15) is 8.42 Å². The average Bonchev–Trinajstić information content (AvgIpc) is 2.64. The number of sulfonamides is 1. The summed E-state index contributed by atoms with van der Waals surface area (Å²) in [6.45, 7) is 6.19. The number of unbranched alkanes of at least 4 members (excludes halogenated alkanes) is 1. The van der Waals surface area contributed by atoms with Gasteiger partial charge in [0.1, 0.15) is 0 Å². The van der Waals surface area contributed by atoms with Gasteiger partial charge in [-0.05, 0) is 36.6 Å². The first kappa shape index (κ1) is 24.4. The van der Waals surface area contributed by atoms with Crippen LogP contribution in [-0.2, 0) is 23.1 Å². The first-order chi connectivity index (χ1) is 12.9. The second-order valence-electron chi connectivity index (χ2n) is 6.47. The molecule has 6 nitrogen and oxygen atoms in total. The van der Waals surface area contributed by atoms with Crippen molar-refractivity contribution in [3.8, 4) is 0 Å². The van der Waals surface area contributed by atoms with Crippen LogP contribution in [0.5, 0.6) is 0 Å². The minimum Gasteiger partial charge on any atom is -0.356 e. The molecule has 0 atom stereocenters. The molecule has 2 rings (SSSR count). The van der Waals surface area contributed by atoms with Gasteiger partial charge in [0.15, 0.2) is 5.96 Å². The molecule has 0 fully saturated rings. The van der Waals surface area contributed by atoms with Crippen molar-refractivity contribution in [2.75, 3.05) is 6.54 Å². The number of guanidine groups is 1. The maximum atomic E-state index is 11.3. The zero-order chi connectivity index (χ0) is 19.7. The number of rotatable bonds is 8. The molecule has 2 aromatic rings. The highest BCUT2D eigenvalue weighted by Gasteiger charge is 2.06. The van der Waals surface area contributed by atoms with Crippen molar-refractivity contribution in [3.05, 3.63) is 65.2 Å². The van der Waals surface area contributed by atoms with Gasteiger partial charge in [-0.2, -0.15) is 0 Å². The van der Waals surface area contributed by atoms with Gasteiger partial charge in [-0.25, -0.2) is 18.5 Å². The van der Waals surface area contributed by atoms with Crippen molar-refractivity contribution in [1.82, 2.24) is 10.6 Å². The molecule has 0 amide bonds. The molecule has 0 saturated heterocycles. The number of halogens is 1. The zero-order valence-corrected chi connectivity index (χ0v) is 19.5. The molecule has 0 aliphatic heterocycles. The number of aliphatic imine (C=N–C) groups is 1. The fourth-order valence-electron chi connectivity index (χ4n) is 2.40. The molecule has 154 valence electrons. The molecule has 4 N–H and O–H groups in total. The van der Waals surface area contributed by atoms with E-state index < -0.39 is 10.0 Å². The quantitative estimate of drug-likeness (QED) is 0.217. The summed E-state index contributed by atoms with van der Waals surface area (Å²) in [7, 11) is -3.67. The summed E-state index contributed by atoms with van der Waals surface area (Å²) >= 11 is 0. The van der Waals surface area contributed by atoms with Crippen molar-refractivity contribution in [3.63, 3.8) is 0 Å². The lowest BCUT2D eigenvalue weighted by Gasteiger charge is -2.13. The molecular weight excluding hydrogens is 487 g/mol. The molecule has 0 heterocycles. The summed E-state index contributed by atoms with van der Waals surface area (Å²) in [5, 5.41) is 11.8. The lowest BCUT2D eigenvalue weighted by atomic mass is 10.1. The molecule has 0 saturated carbocycles. The molecule has 0 spiro atoms. The van der Waals surface area contributed by atoms with E-state index in [0.29, 0.717) is 13.1 Å². The van der Waals surface area contributed by atoms with Crippen LogP contribution in [0.15, 0.2) is 58.4 Å². The molecule has 28 heavy (non-hydrogen) atoms. The molecule has 0 aliphatic carbocycles. The summed E-state index contributed by atoms with van der Waals surface area (Å²) in [5.74, 6) is 0.736. The van der Waals surface area contributed by atoms with Gasteiger partial charge in [0.25, 0.3) is 0 Å². The standard InChI is InChI=1S/C20H28N4O2S.HI/c1-3-4-13-22-20(23-14-17-7-5-16(2)6-8-17)24-15-18-9-11-19(12-10-18)27(21,25)26;/h5-12H,3-4,13-15H2,1-2H3,(H2,21,25,26)(H2,22,23,24);1H. The number of nitrogens with two attached hydrogens (primary N) is 1. The number of benzene rings is 2. The van der Waals surface area contributed by atoms with Crippen molar-refractivity contribution in [2.24, 2.45) is 10.1 Å². The summed E-state index contributed by atoms with van der Waals surface area (Å²) in [6.07, 6.45) is 2.17. The van der Waals surface area contributed by atoms with Gasteiger partial charge in [0, 0.05) is 13.1 Å². The normalized spacial score (nSPS) is 11.6. The summed E-state index contributed by atoms with van der Waals surface area (Å²) < 4.78 is 22.7. The van der Waals surface area contributed by atoms with E-state index >= 15 is 0 Å². The Morgan fingerprint density at radius 3 is 2.18 bits per heavy atom. The zero-order valence-electron chi connectivity index (χ0n) is 16.3. The van der Waals surface area contributed by atoms with Gasteiger partial charge in [-0.3, -0.25) is 0 Å². The largest absolute Gasteiger partial charge is 0.356 e. The monoisotopic (exact) mass is 516 g/mol. The molecule has 2 aromatic carbocycles. The first-order valence-electron chi connectivity index (χ1n) is 9.08. The van der Waals surface area contributed by atoms with Gasteiger partial charge < -0.3 is 10.6 Å². The predicted molar refractivity (Wildman–Crippen MR) is 125 cm³/mol. The van der Waals surface area contributed by atoms with Crippen LogP contribution in [0, 0.1) is 6.92 Å². The van der Waals surface area contributed by atoms with Gasteiger partial charge >= 0.3 is 0 Å². The summed E-state index contributed by atoms with van der Waals surface area (Å²) in [5.41, 5.74) is 3.33. The highest BCUT2D eigenvalue weighted by Crippen LogP contribution is 2.09. The van der Waals surface area contributed by atoms with E-state index in [0.717, 1.165) is 30.9 Å². The fourth-order valence-corrected chi connectivity index (χ4v) is 2.92. The van der Waals surface area contributed by atoms with Gasteiger partial charge in [0.2, 0.25) is 10.0 Å². The van der Waals surface area contributed by atoms with Crippen LogP contribution in [0.25, 0.3) is 0 Å². The molecule has 0 unspecified atom stereocenters. The molecule has 0 bridgehead atoms. The lowest BCUT2D eigenvalue weighted by molar-refractivity contribution is 0.598. The van der Waals surface area contributed by atoms with E-state index in [1.54, 1.807) is 12.1 Å². The van der Waals surface area contributed by atoms with Crippen molar-refractivity contribution >= 4 is 40.0 Å². The number of aryl methyl sites for hydroxylation is 1. The van der Waals surface area contributed by atoms with Crippen molar-refractivity contribution in [2.45, 2.75) is 44.7 Å². The van der Waals surface area contributed by atoms with E-state index in [1.807, 2.05) is 0 Å². The van der Waals surface area contributed by atoms with Crippen molar-refractivity contribution < 1.29 is 8.42 Å². The second kappa shape index (κ2) is 12.0. The highest BCUT2D eigenvalue weighted by atomic mass is 127. The number of nitrogens with one attached hydrogen (secondary N) is 2. The average molecular weight is 516 g/mol. The molecule has 0 aliphatic rings. The minimum atomic E-state index is -3.67. The molecule has 8 heteroatoms. The van der Waals surface area contributed by atoms with Crippen LogP contribution >= 0.6 is 24.0 Å². The van der Waals surface area contributed by atoms with Crippen LogP contribution in [0.1, 0.15) is 36.5 Å². The third-order valence-corrected chi connectivity index (χ3v) is 5.00. The SMILES string of the molecule is CCCCNC(=NCc1ccc(S(N)(=O)=O)cc1)NCc1ccc(C)cc1.I. The Labute approximate surface area is 185 Å². The minimum absolute atomic E-state index is 0. The smallest absolute Gasteiger partial charge is 0.238 e. The Morgan fingerprint density at radius 2 is 1.61 bits per heavy atom. The Morgan fingerprint density at radius 1 is 1.00 bits per heavy atom.